The molecule has 9 heteroatoms. The van der Waals surface area contributed by atoms with E-state index in [0.29, 0.717) is 22.5 Å². The predicted octanol–water partition coefficient (Wildman–Crippen LogP) is 3.37. The number of fused-ring (bicyclic) bond motifs is 1. The summed E-state index contributed by atoms with van der Waals surface area (Å²) in [5, 5.41) is 0. The number of hydrogen-bond donors (Lipinski definition) is 1. The van der Waals surface area contributed by atoms with Crippen molar-refractivity contribution in [1.82, 2.24) is 24.2 Å². The predicted molar refractivity (Wildman–Crippen MR) is 123 cm³/mol. The van der Waals surface area contributed by atoms with Crippen molar-refractivity contribution in [1.29, 1.82) is 0 Å². The Balaban J connectivity index is 1.57. The van der Waals surface area contributed by atoms with Crippen LogP contribution in [0.4, 0.5) is 0 Å². The van der Waals surface area contributed by atoms with Crippen LogP contribution < -0.4 is 4.74 Å². The van der Waals surface area contributed by atoms with Gasteiger partial charge in [0, 0.05) is 50.2 Å². The van der Waals surface area contributed by atoms with Crippen molar-refractivity contribution in [2.75, 3.05) is 21.2 Å². The van der Waals surface area contributed by atoms with E-state index < -0.39 is 10.0 Å². The van der Waals surface area contributed by atoms with Gasteiger partial charge in [0.1, 0.15) is 11.6 Å². The standard InChI is InChI=1S/C23H25N5O3S/c1-15-11-16(5-7-21(15)32(29,30)28(2)3)17-12-20-23(25-14-17)27-22(26-20)8-6-18-13-19(31-4)9-10-24-18/h5,7,9-14H,6,8H2,1-4H3,(H,25,26,27). The molecule has 1 aromatic carbocycles. The molecule has 0 spiro atoms. The minimum Gasteiger partial charge on any atom is -0.497 e. The van der Waals surface area contributed by atoms with E-state index >= 15 is 0 Å². The highest BCUT2D eigenvalue weighted by atomic mass is 32.2. The molecule has 0 aliphatic heterocycles. The van der Waals surface area contributed by atoms with Crippen LogP contribution in [0.15, 0.2) is 53.7 Å². The molecule has 0 fully saturated rings. The zero-order valence-electron chi connectivity index (χ0n) is 18.5. The minimum absolute atomic E-state index is 0.301. The molecular formula is C23H25N5O3S. The smallest absolute Gasteiger partial charge is 0.242 e. The molecule has 8 nitrogen and oxygen atoms in total. The number of aromatic nitrogens is 4. The molecular weight excluding hydrogens is 426 g/mol. The summed E-state index contributed by atoms with van der Waals surface area (Å²) in [6.07, 6.45) is 4.91. The highest BCUT2D eigenvalue weighted by Crippen LogP contribution is 2.27. The first-order chi connectivity index (χ1) is 15.3. The molecule has 4 rings (SSSR count). The fourth-order valence-electron chi connectivity index (χ4n) is 3.51. The van der Waals surface area contributed by atoms with Gasteiger partial charge >= 0.3 is 0 Å². The third-order valence-electron chi connectivity index (χ3n) is 5.30. The van der Waals surface area contributed by atoms with Gasteiger partial charge in [-0.3, -0.25) is 4.98 Å². The quantitative estimate of drug-likeness (QED) is 0.462. The second-order valence-electron chi connectivity index (χ2n) is 7.73. The molecule has 0 radical (unpaired) electrons. The summed E-state index contributed by atoms with van der Waals surface area (Å²) in [7, 11) is 1.21. The molecule has 3 aromatic heterocycles. The summed E-state index contributed by atoms with van der Waals surface area (Å²) in [6.45, 7) is 1.80. The molecule has 0 amide bonds. The van der Waals surface area contributed by atoms with Crippen molar-refractivity contribution in [3.63, 3.8) is 0 Å². The summed E-state index contributed by atoms with van der Waals surface area (Å²) < 4.78 is 31.4. The molecule has 32 heavy (non-hydrogen) atoms. The molecule has 0 aliphatic carbocycles. The Labute approximate surface area is 187 Å². The normalized spacial score (nSPS) is 11.9. The van der Waals surface area contributed by atoms with Gasteiger partial charge in [0.15, 0.2) is 5.65 Å². The fourth-order valence-corrected chi connectivity index (χ4v) is 4.61. The number of aryl methyl sites for hydroxylation is 3. The van der Waals surface area contributed by atoms with Gasteiger partial charge in [0.25, 0.3) is 0 Å². The van der Waals surface area contributed by atoms with Crippen LogP contribution in [0.25, 0.3) is 22.3 Å². The summed E-state index contributed by atoms with van der Waals surface area (Å²) in [4.78, 5) is 17.1. The Hall–Kier alpha value is -3.30. The van der Waals surface area contributed by atoms with Gasteiger partial charge in [-0.2, -0.15) is 0 Å². The number of H-pyrrole nitrogens is 1. The molecule has 0 bridgehead atoms. The Morgan fingerprint density at radius 2 is 1.84 bits per heavy atom. The van der Waals surface area contributed by atoms with Crippen LogP contribution in [0.1, 0.15) is 17.1 Å². The number of ether oxygens (including phenoxy) is 1. The number of aromatic amines is 1. The molecule has 0 atom stereocenters. The monoisotopic (exact) mass is 451 g/mol. The van der Waals surface area contributed by atoms with E-state index in [1.54, 1.807) is 38.6 Å². The molecule has 0 aliphatic rings. The van der Waals surface area contributed by atoms with Crippen molar-refractivity contribution < 1.29 is 13.2 Å². The van der Waals surface area contributed by atoms with Gasteiger partial charge in [-0.1, -0.05) is 12.1 Å². The van der Waals surface area contributed by atoms with E-state index in [1.165, 1.54) is 18.4 Å². The zero-order valence-corrected chi connectivity index (χ0v) is 19.3. The van der Waals surface area contributed by atoms with Crippen molar-refractivity contribution in [3.8, 4) is 16.9 Å². The van der Waals surface area contributed by atoms with Crippen molar-refractivity contribution in [2.45, 2.75) is 24.7 Å². The second-order valence-corrected chi connectivity index (χ2v) is 9.85. The van der Waals surface area contributed by atoms with E-state index in [-0.39, 0.29) is 0 Å². The lowest BCUT2D eigenvalue weighted by Crippen LogP contribution is -2.22. The van der Waals surface area contributed by atoms with Crippen molar-refractivity contribution >= 4 is 21.2 Å². The number of benzene rings is 1. The van der Waals surface area contributed by atoms with Crippen LogP contribution in [0.5, 0.6) is 5.75 Å². The van der Waals surface area contributed by atoms with Gasteiger partial charge in [-0.25, -0.2) is 22.7 Å². The molecule has 4 aromatic rings. The van der Waals surface area contributed by atoms with Gasteiger partial charge in [-0.05, 0) is 42.7 Å². The van der Waals surface area contributed by atoms with E-state index in [9.17, 15) is 8.42 Å². The van der Waals surface area contributed by atoms with Gasteiger partial charge in [-0.15, -0.1) is 0 Å². The molecule has 0 unspecified atom stereocenters. The lowest BCUT2D eigenvalue weighted by atomic mass is 10.1. The van der Waals surface area contributed by atoms with Gasteiger partial charge in [0.05, 0.1) is 17.5 Å². The van der Waals surface area contributed by atoms with Crippen LogP contribution in [-0.4, -0.2) is 53.9 Å². The fraction of sp³-hybridized carbons (Fsp3) is 0.261. The number of rotatable bonds is 7. The van der Waals surface area contributed by atoms with Crippen LogP contribution in [0.3, 0.4) is 0 Å². The first-order valence-corrected chi connectivity index (χ1v) is 11.6. The molecule has 1 N–H and O–H groups in total. The first kappa shape index (κ1) is 21.9. The maximum atomic E-state index is 12.5. The van der Waals surface area contributed by atoms with Gasteiger partial charge in [0.2, 0.25) is 10.0 Å². The number of hydrogen-bond acceptors (Lipinski definition) is 6. The van der Waals surface area contributed by atoms with E-state index in [2.05, 4.69) is 19.9 Å². The van der Waals surface area contributed by atoms with Crippen LogP contribution >= 0.6 is 0 Å². The summed E-state index contributed by atoms with van der Waals surface area (Å²) in [6, 6.07) is 11.0. The van der Waals surface area contributed by atoms with Crippen LogP contribution in [-0.2, 0) is 22.9 Å². The van der Waals surface area contributed by atoms with Crippen LogP contribution in [0, 0.1) is 6.92 Å². The average molecular weight is 452 g/mol. The van der Waals surface area contributed by atoms with E-state index in [4.69, 9.17) is 4.74 Å². The van der Waals surface area contributed by atoms with E-state index in [0.717, 1.165) is 40.3 Å². The number of nitrogens with zero attached hydrogens (tertiary/aromatic N) is 4. The summed E-state index contributed by atoms with van der Waals surface area (Å²) >= 11 is 0. The van der Waals surface area contributed by atoms with Gasteiger partial charge < -0.3 is 9.72 Å². The maximum Gasteiger partial charge on any atom is 0.242 e. The largest absolute Gasteiger partial charge is 0.497 e. The molecule has 3 heterocycles. The number of nitrogens with one attached hydrogen (secondary N) is 1. The Morgan fingerprint density at radius 3 is 2.56 bits per heavy atom. The summed E-state index contributed by atoms with van der Waals surface area (Å²) in [5.74, 6) is 1.61. The van der Waals surface area contributed by atoms with E-state index in [1.807, 2.05) is 24.3 Å². The zero-order chi connectivity index (χ0) is 22.9. The topological polar surface area (TPSA) is 101 Å². The highest BCUT2D eigenvalue weighted by molar-refractivity contribution is 7.89. The number of pyridine rings is 2. The van der Waals surface area contributed by atoms with Crippen molar-refractivity contribution in [2.24, 2.45) is 0 Å². The average Bonchev–Trinajstić information content (AvgIpc) is 3.19. The Bertz CT molecular complexity index is 1380. The summed E-state index contributed by atoms with van der Waals surface area (Å²) in [5.41, 5.74) is 4.88. The first-order valence-electron chi connectivity index (χ1n) is 10.1. The third-order valence-corrected chi connectivity index (χ3v) is 7.27. The molecule has 166 valence electrons. The Morgan fingerprint density at radius 1 is 1.03 bits per heavy atom. The SMILES string of the molecule is COc1ccnc(CCc2nc3ncc(-c4ccc(S(=O)(=O)N(C)C)c(C)c4)cc3[nH]2)c1. The molecule has 0 saturated heterocycles. The molecule has 0 saturated carbocycles. The van der Waals surface area contributed by atoms with Crippen LogP contribution in [0.2, 0.25) is 0 Å². The maximum absolute atomic E-state index is 12.5. The third kappa shape index (κ3) is 4.35. The Kier molecular flexibility index (Phi) is 5.94. The van der Waals surface area contributed by atoms with Crippen molar-refractivity contribution in [3.05, 3.63) is 65.9 Å². The number of imidazole rings is 1. The number of sulfonamides is 1. The lowest BCUT2D eigenvalue weighted by Gasteiger charge is -2.14. The number of methoxy groups -OCH3 is 1. The highest BCUT2D eigenvalue weighted by Gasteiger charge is 2.20. The minimum atomic E-state index is -3.48. The second kappa shape index (κ2) is 8.68. The lowest BCUT2D eigenvalue weighted by molar-refractivity contribution is 0.413.